The molecule has 1 aliphatic heterocycles. The summed E-state index contributed by atoms with van der Waals surface area (Å²) < 4.78 is 2.37. The summed E-state index contributed by atoms with van der Waals surface area (Å²) in [6, 6.07) is 0. The molecular formula is C11H15ClN2. The summed E-state index contributed by atoms with van der Waals surface area (Å²) in [6.07, 6.45) is 6.37. The Hall–Kier alpha value is -0.500. The van der Waals surface area contributed by atoms with Crippen molar-refractivity contribution < 1.29 is 0 Å². The molecule has 0 saturated heterocycles. The van der Waals surface area contributed by atoms with Crippen LogP contribution in [0.3, 0.4) is 0 Å². The number of aromatic nitrogens is 2. The third-order valence-corrected chi connectivity index (χ3v) is 3.56. The van der Waals surface area contributed by atoms with Gasteiger partial charge in [0.1, 0.15) is 5.82 Å². The van der Waals surface area contributed by atoms with E-state index in [0.717, 1.165) is 18.9 Å². The Morgan fingerprint density at radius 3 is 2.93 bits per heavy atom. The highest BCUT2D eigenvalue weighted by molar-refractivity contribution is 6.17. The van der Waals surface area contributed by atoms with Crippen LogP contribution in [-0.4, -0.2) is 9.55 Å². The quantitative estimate of drug-likeness (QED) is 0.687. The van der Waals surface area contributed by atoms with E-state index in [9.17, 15) is 0 Å². The SMILES string of the molecule is ClCc1c(C2CC2)nc2n1CCCC2. The van der Waals surface area contributed by atoms with Gasteiger partial charge in [0, 0.05) is 18.9 Å². The van der Waals surface area contributed by atoms with Crippen molar-refractivity contribution in [3.05, 3.63) is 17.2 Å². The molecule has 3 heteroatoms. The van der Waals surface area contributed by atoms with Gasteiger partial charge in [0.25, 0.3) is 0 Å². The number of alkyl halides is 1. The molecule has 76 valence electrons. The van der Waals surface area contributed by atoms with Gasteiger partial charge in [0.05, 0.1) is 17.3 Å². The average molecular weight is 211 g/mol. The molecule has 0 atom stereocenters. The van der Waals surface area contributed by atoms with E-state index in [1.165, 1.54) is 42.9 Å². The summed E-state index contributed by atoms with van der Waals surface area (Å²) >= 11 is 6.02. The number of halogens is 1. The van der Waals surface area contributed by atoms with Crippen molar-refractivity contribution in [2.24, 2.45) is 0 Å². The van der Waals surface area contributed by atoms with Crippen LogP contribution in [0.5, 0.6) is 0 Å². The second-order valence-corrected chi connectivity index (χ2v) is 4.64. The van der Waals surface area contributed by atoms with E-state index in [1.807, 2.05) is 0 Å². The van der Waals surface area contributed by atoms with E-state index in [0.29, 0.717) is 5.88 Å². The molecule has 14 heavy (non-hydrogen) atoms. The number of hydrogen-bond donors (Lipinski definition) is 0. The standard InChI is InChI=1S/C11H15ClN2/c12-7-9-11(8-4-5-8)13-10-3-1-2-6-14(9)10/h8H,1-7H2. The van der Waals surface area contributed by atoms with Gasteiger partial charge in [0.2, 0.25) is 0 Å². The largest absolute Gasteiger partial charge is 0.331 e. The molecule has 0 aromatic carbocycles. The lowest BCUT2D eigenvalue weighted by Crippen LogP contribution is -2.12. The van der Waals surface area contributed by atoms with Gasteiger partial charge in [-0.3, -0.25) is 0 Å². The second-order valence-electron chi connectivity index (χ2n) is 4.38. The number of rotatable bonds is 2. The molecule has 1 aliphatic carbocycles. The summed E-state index contributed by atoms with van der Waals surface area (Å²) in [5, 5.41) is 0. The van der Waals surface area contributed by atoms with Crippen molar-refractivity contribution in [1.29, 1.82) is 0 Å². The Morgan fingerprint density at radius 2 is 2.21 bits per heavy atom. The van der Waals surface area contributed by atoms with Gasteiger partial charge in [0.15, 0.2) is 0 Å². The van der Waals surface area contributed by atoms with Crippen LogP contribution in [0.15, 0.2) is 0 Å². The van der Waals surface area contributed by atoms with E-state index in [2.05, 4.69) is 4.57 Å². The number of nitrogens with zero attached hydrogens (tertiary/aromatic N) is 2. The van der Waals surface area contributed by atoms with Gasteiger partial charge >= 0.3 is 0 Å². The highest BCUT2D eigenvalue weighted by Gasteiger charge is 2.31. The molecule has 2 aliphatic rings. The molecule has 0 radical (unpaired) electrons. The Bertz CT molecular complexity index is 352. The summed E-state index contributed by atoms with van der Waals surface area (Å²) in [5.74, 6) is 2.66. The molecule has 1 saturated carbocycles. The number of imidazole rings is 1. The topological polar surface area (TPSA) is 17.8 Å². The van der Waals surface area contributed by atoms with E-state index < -0.39 is 0 Å². The summed E-state index contributed by atoms with van der Waals surface area (Å²) in [4.78, 5) is 4.76. The molecule has 0 N–H and O–H groups in total. The van der Waals surface area contributed by atoms with Crippen LogP contribution in [0.2, 0.25) is 0 Å². The van der Waals surface area contributed by atoms with Gasteiger partial charge in [-0.1, -0.05) is 0 Å². The van der Waals surface area contributed by atoms with Crippen molar-refractivity contribution in [2.75, 3.05) is 0 Å². The van der Waals surface area contributed by atoms with Crippen molar-refractivity contribution in [3.8, 4) is 0 Å². The maximum absolute atomic E-state index is 6.02. The minimum Gasteiger partial charge on any atom is -0.331 e. The van der Waals surface area contributed by atoms with E-state index in [4.69, 9.17) is 16.6 Å². The van der Waals surface area contributed by atoms with Gasteiger partial charge in [-0.2, -0.15) is 0 Å². The Labute approximate surface area is 89.3 Å². The van der Waals surface area contributed by atoms with Crippen molar-refractivity contribution in [1.82, 2.24) is 9.55 Å². The Kier molecular flexibility index (Phi) is 2.05. The van der Waals surface area contributed by atoms with E-state index in [1.54, 1.807) is 0 Å². The lowest BCUT2D eigenvalue weighted by molar-refractivity contribution is 0.513. The Morgan fingerprint density at radius 1 is 1.36 bits per heavy atom. The second kappa shape index (κ2) is 3.27. The minimum atomic E-state index is 0.638. The van der Waals surface area contributed by atoms with Crippen molar-refractivity contribution in [3.63, 3.8) is 0 Å². The van der Waals surface area contributed by atoms with Crippen LogP contribution >= 0.6 is 11.6 Å². The lowest BCUT2D eigenvalue weighted by atomic mass is 10.1. The van der Waals surface area contributed by atoms with Gasteiger partial charge in [-0.25, -0.2) is 4.98 Å². The first-order valence-corrected chi connectivity index (χ1v) is 6.07. The average Bonchev–Trinajstić information content (AvgIpc) is 2.99. The van der Waals surface area contributed by atoms with Crippen LogP contribution in [0.1, 0.15) is 48.8 Å². The molecule has 0 spiro atoms. The zero-order valence-electron chi connectivity index (χ0n) is 8.30. The molecule has 3 rings (SSSR count). The maximum Gasteiger partial charge on any atom is 0.109 e. The summed E-state index contributed by atoms with van der Waals surface area (Å²) in [6.45, 7) is 1.14. The van der Waals surface area contributed by atoms with Crippen molar-refractivity contribution in [2.45, 2.75) is 50.4 Å². The lowest BCUT2D eigenvalue weighted by Gasteiger charge is -2.15. The molecule has 1 aromatic heterocycles. The van der Waals surface area contributed by atoms with Gasteiger partial charge in [-0.15, -0.1) is 11.6 Å². The summed E-state index contributed by atoms with van der Waals surface area (Å²) in [7, 11) is 0. The summed E-state index contributed by atoms with van der Waals surface area (Å²) in [5.41, 5.74) is 2.63. The van der Waals surface area contributed by atoms with Crippen LogP contribution in [0.25, 0.3) is 0 Å². The molecular weight excluding hydrogens is 196 g/mol. The van der Waals surface area contributed by atoms with Crippen LogP contribution in [-0.2, 0) is 18.8 Å². The molecule has 1 aromatic rings. The van der Waals surface area contributed by atoms with Gasteiger partial charge < -0.3 is 4.57 Å². The Balaban J connectivity index is 2.06. The predicted molar refractivity (Wildman–Crippen MR) is 56.7 cm³/mol. The first kappa shape index (κ1) is 8.78. The maximum atomic E-state index is 6.02. The van der Waals surface area contributed by atoms with Crippen molar-refractivity contribution >= 4 is 11.6 Å². The zero-order chi connectivity index (χ0) is 9.54. The van der Waals surface area contributed by atoms with Gasteiger partial charge in [-0.05, 0) is 25.7 Å². The minimum absolute atomic E-state index is 0.638. The predicted octanol–water partition coefficient (Wildman–Crippen LogP) is 2.84. The fourth-order valence-electron chi connectivity index (χ4n) is 2.39. The van der Waals surface area contributed by atoms with Crippen LogP contribution in [0.4, 0.5) is 0 Å². The molecule has 2 nitrogen and oxygen atoms in total. The highest BCUT2D eigenvalue weighted by atomic mass is 35.5. The number of aryl methyl sites for hydroxylation is 1. The molecule has 0 amide bonds. The normalized spacial score (nSPS) is 20.9. The molecule has 1 fully saturated rings. The monoisotopic (exact) mass is 210 g/mol. The molecule has 0 unspecified atom stereocenters. The number of fused-ring (bicyclic) bond motifs is 1. The first-order valence-electron chi connectivity index (χ1n) is 5.54. The third kappa shape index (κ3) is 1.28. The zero-order valence-corrected chi connectivity index (χ0v) is 9.06. The van der Waals surface area contributed by atoms with E-state index >= 15 is 0 Å². The van der Waals surface area contributed by atoms with Crippen LogP contribution in [0, 0.1) is 0 Å². The highest BCUT2D eigenvalue weighted by Crippen LogP contribution is 2.42. The third-order valence-electron chi connectivity index (χ3n) is 3.31. The number of hydrogen-bond acceptors (Lipinski definition) is 1. The first-order chi connectivity index (χ1) is 6.90. The molecule has 2 heterocycles. The van der Waals surface area contributed by atoms with Crippen LogP contribution < -0.4 is 0 Å². The molecule has 0 bridgehead atoms. The fraction of sp³-hybridized carbons (Fsp3) is 0.727. The fourth-order valence-corrected chi connectivity index (χ4v) is 2.67. The smallest absolute Gasteiger partial charge is 0.109 e. The van der Waals surface area contributed by atoms with E-state index in [-0.39, 0.29) is 0 Å².